The number of alkyl carbamates (subject to hydrolysis) is 1. The molecular formula is C20H31N3O4. The van der Waals surface area contributed by atoms with Crippen molar-refractivity contribution < 1.29 is 19.1 Å². The van der Waals surface area contributed by atoms with Crippen molar-refractivity contribution in [3.05, 3.63) is 29.8 Å². The van der Waals surface area contributed by atoms with Gasteiger partial charge in [0.15, 0.2) is 0 Å². The molecule has 0 aliphatic carbocycles. The topological polar surface area (TPSA) is 103 Å². The predicted molar refractivity (Wildman–Crippen MR) is 104 cm³/mol. The lowest BCUT2D eigenvalue weighted by Gasteiger charge is -2.27. The van der Waals surface area contributed by atoms with Crippen LogP contribution in [0.25, 0.3) is 0 Å². The van der Waals surface area contributed by atoms with Crippen molar-refractivity contribution >= 4 is 12.0 Å². The van der Waals surface area contributed by atoms with Crippen molar-refractivity contribution in [2.24, 2.45) is 5.73 Å². The van der Waals surface area contributed by atoms with E-state index in [2.05, 4.69) is 10.6 Å². The van der Waals surface area contributed by atoms with E-state index in [0.29, 0.717) is 19.6 Å². The number of fused-ring (bicyclic) bond motifs is 1. The van der Waals surface area contributed by atoms with Gasteiger partial charge in [-0.15, -0.1) is 0 Å². The van der Waals surface area contributed by atoms with Gasteiger partial charge in [-0.2, -0.15) is 0 Å². The van der Waals surface area contributed by atoms with E-state index in [1.165, 1.54) is 0 Å². The number of amides is 2. The molecule has 1 aliphatic rings. The Morgan fingerprint density at radius 2 is 2.04 bits per heavy atom. The van der Waals surface area contributed by atoms with E-state index in [9.17, 15) is 9.59 Å². The average Bonchev–Trinajstić information content (AvgIpc) is 2.60. The Hall–Kier alpha value is -2.28. The van der Waals surface area contributed by atoms with Crippen molar-refractivity contribution in [2.45, 2.75) is 64.1 Å². The van der Waals surface area contributed by atoms with Crippen LogP contribution in [-0.2, 0) is 9.53 Å². The zero-order valence-electron chi connectivity index (χ0n) is 16.4. The summed E-state index contributed by atoms with van der Waals surface area (Å²) in [5.74, 6) is 0.660. The molecule has 1 aromatic rings. The van der Waals surface area contributed by atoms with Gasteiger partial charge in [0.2, 0.25) is 5.91 Å². The van der Waals surface area contributed by atoms with Gasteiger partial charge in [0, 0.05) is 18.5 Å². The molecule has 0 spiro atoms. The fourth-order valence-electron chi connectivity index (χ4n) is 2.90. The van der Waals surface area contributed by atoms with Crippen molar-refractivity contribution in [3.8, 4) is 5.75 Å². The largest absolute Gasteiger partial charge is 0.493 e. The minimum atomic E-state index is -0.568. The van der Waals surface area contributed by atoms with Crippen molar-refractivity contribution in [2.75, 3.05) is 13.2 Å². The lowest BCUT2D eigenvalue weighted by molar-refractivity contribution is -0.123. The number of rotatable bonds is 7. The molecule has 27 heavy (non-hydrogen) atoms. The fraction of sp³-hybridized carbons (Fsp3) is 0.600. The van der Waals surface area contributed by atoms with Crippen molar-refractivity contribution in [3.63, 3.8) is 0 Å². The standard InChI is InChI=1S/C20H31N3O4/c1-20(2,3)27-19(25)22-12-7-6-9-15(21)18(24)23-16-11-13-26-17-10-5-4-8-14(16)17/h4-5,8,10,15-16H,6-7,9,11-13,21H2,1-3H3,(H,22,25)(H,23,24)/t15-,16+/m0/s1. The van der Waals surface area contributed by atoms with E-state index in [1.807, 2.05) is 45.0 Å². The van der Waals surface area contributed by atoms with Crippen LogP contribution in [-0.4, -0.2) is 36.8 Å². The van der Waals surface area contributed by atoms with E-state index in [4.69, 9.17) is 15.2 Å². The highest BCUT2D eigenvalue weighted by atomic mass is 16.6. The van der Waals surface area contributed by atoms with Gasteiger partial charge in [-0.3, -0.25) is 4.79 Å². The summed E-state index contributed by atoms with van der Waals surface area (Å²) in [5.41, 5.74) is 6.51. The first-order valence-corrected chi connectivity index (χ1v) is 9.51. The second kappa shape index (κ2) is 9.60. The molecule has 0 unspecified atom stereocenters. The molecular weight excluding hydrogens is 346 g/mol. The number of ether oxygens (including phenoxy) is 2. The molecule has 4 N–H and O–H groups in total. The lowest BCUT2D eigenvalue weighted by Crippen LogP contribution is -2.43. The molecule has 0 bridgehead atoms. The summed E-state index contributed by atoms with van der Waals surface area (Å²) in [6.45, 7) is 6.53. The first-order chi connectivity index (χ1) is 12.8. The second-order valence-corrected chi connectivity index (χ2v) is 7.77. The summed E-state index contributed by atoms with van der Waals surface area (Å²) in [5, 5.41) is 5.73. The summed E-state index contributed by atoms with van der Waals surface area (Å²) in [6, 6.07) is 7.09. The number of nitrogens with two attached hydrogens (primary N) is 1. The molecule has 0 radical (unpaired) electrons. The van der Waals surface area contributed by atoms with Gasteiger partial charge < -0.3 is 25.8 Å². The Kier molecular flexibility index (Phi) is 7.47. The number of benzene rings is 1. The molecule has 0 fully saturated rings. The molecule has 2 amide bonds. The molecule has 0 saturated heterocycles. The summed E-state index contributed by atoms with van der Waals surface area (Å²) >= 11 is 0. The first-order valence-electron chi connectivity index (χ1n) is 9.51. The van der Waals surface area contributed by atoms with Gasteiger partial charge in [-0.25, -0.2) is 4.79 Å². The monoisotopic (exact) mass is 377 g/mol. The van der Waals surface area contributed by atoms with E-state index >= 15 is 0 Å². The van der Waals surface area contributed by atoms with Crippen LogP contribution in [0.5, 0.6) is 5.75 Å². The molecule has 1 heterocycles. The van der Waals surface area contributed by atoms with Crippen LogP contribution in [0.3, 0.4) is 0 Å². The molecule has 7 nitrogen and oxygen atoms in total. The molecule has 0 aromatic heterocycles. The SMILES string of the molecule is CC(C)(C)OC(=O)NCCCC[C@H](N)C(=O)N[C@@H]1CCOc2ccccc21. The summed E-state index contributed by atoms with van der Waals surface area (Å²) in [4.78, 5) is 23.9. The Labute approximate surface area is 161 Å². The zero-order valence-corrected chi connectivity index (χ0v) is 16.4. The van der Waals surface area contributed by atoms with Gasteiger partial charge in [0.05, 0.1) is 18.7 Å². The normalized spacial score (nSPS) is 17.3. The molecule has 2 rings (SSSR count). The minimum Gasteiger partial charge on any atom is -0.493 e. The minimum absolute atomic E-state index is 0.0673. The summed E-state index contributed by atoms with van der Waals surface area (Å²) < 4.78 is 10.8. The Morgan fingerprint density at radius 3 is 2.78 bits per heavy atom. The van der Waals surface area contributed by atoms with Gasteiger partial charge in [0.25, 0.3) is 0 Å². The third-order valence-corrected chi connectivity index (χ3v) is 4.22. The molecule has 1 aliphatic heterocycles. The zero-order chi connectivity index (χ0) is 19.9. The Balaban J connectivity index is 1.67. The van der Waals surface area contributed by atoms with E-state index in [-0.39, 0.29) is 11.9 Å². The second-order valence-electron chi connectivity index (χ2n) is 7.77. The van der Waals surface area contributed by atoms with Crippen LogP contribution in [0.1, 0.15) is 58.1 Å². The van der Waals surface area contributed by atoms with E-state index in [1.54, 1.807) is 0 Å². The Morgan fingerprint density at radius 1 is 1.30 bits per heavy atom. The van der Waals surface area contributed by atoms with Gasteiger partial charge in [-0.1, -0.05) is 18.2 Å². The molecule has 0 saturated carbocycles. The quantitative estimate of drug-likeness (QED) is 0.634. The number of hydrogen-bond donors (Lipinski definition) is 3. The van der Waals surface area contributed by atoms with Crippen LogP contribution in [0.2, 0.25) is 0 Å². The maximum absolute atomic E-state index is 12.4. The van der Waals surface area contributed by atoms with Crippen LogP contribution in [0.4, 0.5) is 4.79 Å². The molecule has 150 valence electrons. The highest BCUT2D eigenvalue weighted by molar-refractivity contribution is 5.82. The predicted octanol–water partition coefficient (Wildman–Crippen LogP) is 2.65. The first kappa shape index (κ1) is 21.0. The highest BCUT2D eigenvalue weighted by Gasteiger charge is 2.24. The lowest BCUT2D eigenvalue weighted by atomic mass is 10.00. The average molecular weight is 377 g/mol. The summed E-state index contributed by atoms with van der Waals surface area (Å²) in [7, 11) is 0. The number of para-hydroxylation sites is 1. The van der Waals surface area contributed by atoms with Crippen molar-refractivity contribution in [1.82, 2.24) is 10.6 Å². The van der Waals surface area contributed by atoms with Crippen LogP contribution >= 0.6 is 0 Å². The van der Waals surface area contributed by atoms with Gasteiger partial charge in [0.1, 0.15) is 11.4 Å². The summed E-state index contributed by atoms with van der Waals surface area (Å²) in [6.07, 6.45) is 2.35. The number of nitrogens with one attached hydrogen (secondary N) is 2. The highest BCUT2D eigenvalue weighted by Crippen LogP contribution is 2.31. The van der Waals surface area contributed by atoms with E-state index in [0.717, 1.165) is 30.6 Å². The van der Waals surface area contributed by atoms with E-state index < -0.39 is 17.7 Å². The third kappa shape index (κ3) is 7.09. The molecule has 7 heteroatoms. The van der Waals surface area contributed by atoms with Gasteiger partial charge in [-0.05, 0) is 46.1 Å². The van der Waals surface area contributed by atoms with Gasteiger partial charge >= 0.3 is 6.09 Å². The Bertz CT molecular complexity index is 642. The maximum atomic E-state index is 12.4. The number of unbranched alkanes of at least 4 members (excludes halogenated alkanes) is 1. The van der Waals surface area contributed by atoms with Crippen LogP contribution in [0, 0.1) is 0 Å². The molecule has 1 aromatic carbocycles. The number of hydrogen-bond acceptors (Lipinski definition) is 5. The molecule has 2 atom stereocenters. The number of carbonyl (C=O) groups excluding carboxylic acids is 2. The fourth-order valence-corrected chi connectivity index (χ4v) is 2.90. The smallest absolute Gasteiger partial charge is 0.407 e. The van der Waals surface area contributed by atoms with Crippen LogP contribution in [0.15, 0.2) is 24.3 Å². The maximum Gasteiger partial charge on any atom is 0.407 e. The third-order valence-electron chi connectivity index (χ3n) is 4.22. The van der Waals surface area contributed by atoms with Crippen molar-refractivity contribution in [1.29, 1.82) is 0 Å². The number of carbonyl (C=O) groups is 2. The van der Waals surface area contributed by atoms with Crippen LogP contribution < -0.4 is 21.1 Å².